The molecule has 2 aliphatic rings. The SMILES string of the molecule is O=C(NCCc1ccc2c(c1)OCCO2)[C@H]1COc2ccccc2O1. The second-order valence-electron chi connectivity index (χ2n) is 5.88. The lowest BCUT2D eigenvalue weighted by Gasteiger charge is -2.25. The molecule has 0 unspecified atom stereocenters. The molecule has 1 atom stereocenters. The number of hydrogen-bond acceptors (Lipinski definition) is 5. The maximum atomic E-state index is 12.3. The summed E-state index contributed by atoms with van der Waals surface area (Å²) in [5.41, 5.74) is 1.08. The summed E-state index contributed by atoms with van der Waals surface area (Å²) in [5, 5.41) is 2.90. The van der Waals surface area contributed by atoms with E-state index in [0.717, 1.165) is 17.1 Å². The van der Waals surface area contributed by atoms with Crippen LogP contribution in [0.2, 0.25) is 0 Å². The Kier molecular flexibility index (Phi) is 4.33. The van der Waals surface area contributed by atoms with Gasteiger partial charge in [0.25, 0.3) is 5.91 Å². The molecule has 2 aliphatic heterocycles. The van der Waals surface area contributed by atoms with Gasteiger partial charge in [-0.15, -0.1) is 0 Å². The first kappa shape index (κ1) is 15.6. The molecule has 6 heteroatoms. The fourth-order valence-electron chi connectivity index (χ4n) is 2.84. The molecule has 2 aromatic rings. The Hall–Kier alpha value is -2.89. The van der Waals surface area contributed by atoms with E-state index >= 15 is 0 Å². The normalized spacial score (nSPS) is 17.7. The molecule has 0 saturated carbocycles. The lowest BCUT2D eigenvalue weighted by molar-refractivity contribution is -0.130. The highest BCUT2D eigenvalue weighted by Gasteiger charge is 2.26. The van der Waals surface area contributed by atoms with E-state index in [1.807, 2.05) is 36.4 Å². The molecule has 0 saturated heterocycles. The maximum absolute atomic E-state index is 12.3. The molecular formula is C19H19NO5. The number of carbonyl (C=O) groups excluding carboxylic acids is 1. The minimum absolute atomic E-state index is 0.174. The first-order valence-corrected chi connectivity index (χ1v) is 8.34. The largest absolute Gasteiger partial charge is 0.486 e. The van der Waals surface area contributed by atoms with E-state index in [1.165, 1.54) is 0 Å². The van der Waals surface area contributed by atoms with Gasteiger partial charge >= 0.3 is 0 Å². The standard InChI is InChI=1S/C19H19NO5/c21-19(18-12-24-14-3-1-2-4-16(14)25-18)20-8-7-13-5-6-15-17(11-13)23-10-9-22-15/h1-6,11,18H,7-10,12H2,(H,20,21)/t18-/m1/s1. The molecule has 1 amide bonds. The summed E-state index contributed by atoms with van der Waals surface area (Å²) in [6.07, 6.45) is 0.0715. The van der Waals surface area contributed by atoms with Crippen LogP contribution < -0.4 is 24.3 Å². The number of ether oxygens (including phenoxy) is 4. The number of benzene rings is 2. The Balaban J connectivity index is 1.29. The van der Waals surface area contributed by atoms with Crippen LogP contribution in [0.3, 0.4) is 0 Å². The van der Waals surface area contributed by atoms with Gasteiger partial charge in [0, 0.05) is 6.54 Å². The van der Waals surface area contributed by atoms with Gasteiger partial charge in [-0.2, -0.15) is 0 Å². The Morgan fingerprint density at radius 2 is 1.72 bits per heavy atom. The van der Waals surface area contributed by atoms with Gasteiger partial charge in [-0.25, -0.2) is 0 Å². The quantitative estimate of drug-likeness (QED) is 0.921. The molecule has 2 aromatic carbocycles. The second-order valence-corrected chi connectivity index (χ2v) is 5.88. The zero-order valence-electron chi connectivity index (χ0n) is 13.7. The average molecular weight is 341 g/mol. The van der Waals surface area contributed by atoms with Crippen LogP contribution in [0, 0.1) is 0 Å². The minimum Gasteiger partial charge on any atom is -0.486 e. The summed E-state index contributed by atoms with van der Waals surface area (Å²) in [6, 6.07) is 13.2. The molecule has 6 nitrogen and oxygen atoms in total. The van der Waals surface area contributed by atoms with Gasteiger partial charge in [0.15, 0.2) is 23.0 Å². The van der Waals surface area contributed by atoms with Crippen LogP contribution in [0.1, 0.15) is 5.56 Å². The molecule has 130 valence electrons. The van der Waals surface area contributed by atoms with E-state index in [-0.39, 0.29) is 12.5 Å². The molecule has 0 bridgehead atoms. The van der Waals surface area contributed by atoms with Gasteiger partial charge in [0.1, 0.15) is 19.8 Å². The van der Waals surface area contributed by atoms with E-state index in [4.69, 9.17) is 18.9 Å². The lowest BCUT2D eigenvalue weighted by Crippen LogP contribution is -2.44. The van der Waals surface area contributed by atoms with Crippen molar-refractivity contribution in [2.24, 2.45) is 0 Å². The number of carbonyl (C=O) groups is 1. The highest BCUT2D eigenvalue weighted by Crippen LogP contribution is 2.31. The molecule has 0 aliphatic carbocycles. The molecule has 1 N–H and O–H groups in total. The topological polar surface area (TPSA) is 66.0 Å². The molecule has 2 heterocycles. The Morgan fingerprint density at radius 1 is 0.960 bits per heavy atom. The maximum Gasteiger partial charge on any atom is 0.264 e. The first-order valence-electron chi connectivity index (χ1n) is 8.34. The number of para-hydroxylation sites is 2. The molecule has 0 radical (unpaired) electrons. The summed E-state index contributed by atoms with van der Waals surface area (Å²) in [4.78, 5) is 12.3. The van der Waals surface area contributed by atoms with Crippen molar-refractivity contribution in [3.8, 4) is 23.0 Å². The van der Waals surface area contributed by atoms with E-state index in [0.29, 0.717) is 37.7 Å². The summed E-state index contributed by atoms with van der Waals surface area (Å²) in [6.45, 7) is 1.87. The fraction of sp³-hybridized carbons (Fsp3) is 0.316. The van der Waals surface area contributed by atoms with Crippen molar-refractivity contribution >= 4 is 5.91 Å². The molecule has 25 heavy (non-hydrogen) atoms. The molecule has 0 aromatic heterocycles. The molecule has 0 spiro atoms. The van der Waals surface area contributed by atoms with Crippen molar-refractivity contribution in [3.63, 3.8) is 0 Å². The smallest absolute Gasteiger partial charge is 0.264 e. The number of fused-ring (bicyclic) bond motifs is 2. The predicted molar refractivity (Wildman–Crippen MR) is 90.5 cm³/mol. The summed E-state index contributed by atoms with van der Waals surface area (Å²) in [5.74, 6) is 2.62. The van der Waals surface area contributed by atoms with Gasteiger partial charge in [-0.1, -0.05) is 18.2 Å². The third-order valence-corrected chi connectivity index (χ3v) is 4.12. The van der Waals surface area contributed by atoms with Crippen molar-refractivity contribution in [2.45, 2.75) is 12.5 Å². The summed E-state index contributed by atoms with van der Waals surface area (Å²) >= 11 is 0. The molecular weight excluding hydrogens is 322 g/mol. The Bertz CT molecular complexity index is 776. The van der Waals surface area contributed by atoms with Crippen LogP contribution in [0.4, 0.5) is 0 Å². The third kappa shape index (κ3) is 3.47. The number of rotatable bonds is 4. The van der Waals surface area contributed by atoms with Crippen LogP contribution in [-0.4, -0.2) is 38.4 Å². The van der Waals surface area contributed by atoms with Crippen LogP contribution in [-0.2, 0) is 11.2 Å². The van der Waals surface area contributed by atoms with Gasteiger partial charge < -0.3 is 24.3 Å². The van der Waals surface area contributed by atoms with Crippen LogP contribution >= 0.6 is 0 Å². The van der Waals surface area contributed by atoms with Crippen LogP contribution in [0.15, 0.2) is 42.5 Å². The van der Waals surface area contributed by atoms with E-state index in [1.54, 1.807) is 6.07 Å². The van der Waals surface area contributed by atoms with Crippen molar-refractivity contribution in [2.75, 3.05) is 26.4 Å². The van der Waals surface area contributed by atoms with Gasteiger partial charge in [-0.05, 0) is 36.2 Å². The van der Waals surface area contributed by atoms with Crippen molar-refractivity contribution in [1.82, 2.24) is 5.32 Å². The highest BCUT2D eigenvalue weighted by atomic mass is 16.6. The van der Waals surface area contributed by atoms with Crippen molar-refractivity contribution in [3.05, 3.63) is 48.0 Å². The zero-order chi connectivity index (χ0) is 17.1. The van der Waals surface area contributed by atoms with Crippen LogP contribution in [0.5, 0.6) is 23.0 Å². The van der Waals surface area contributed by atoms with Crippen LogP contribution in [0.25, 0.3) is 0 Å². The fourth-order valence-corrected chi connectivity index (χ4v) is 2.84. The Morgan fingerprint density at radius 3 is 2.60 bits per heavy atom. The third-order valence-electron chi connectivity index (χ3n) is 4.12. The number of nitrogens with one attached hydrogen (secondary N) is 1. The second kappa shape index (κ2) is 6.93. The summed E-state index contributed by atoms with van der Waals surface area (Å²) < 4.78 is 22.3. The van der Waals surface area contributed by atoms with Gasteiger partial charge in [0.05, 0.1) is 0 Å². The average Bonchev–Trinajstić information content (AvgIpc) is 2.67. The van der Waals surface area contributed by atoms with E-state index in [2.05, 4.69) is 5.32 Å². The van der Waals surface area contributed by atoms with Gasteiger partial charge in [-0.3, -0.25) is 4.79 Å². The van der Waals surface area contributed by atoms with E-state index in [9.17, 15) is 4.79 Å². The highest BCUT2D eigenvalue weighted by molar-refractivity contribution is 5.81. The predicted octanol–water partition coefficient (Wildman–Crippen LogP) is 1.96. The minimum atomic E-state index is -0.629. The van der Waals surface area contributed by atoms with Crippen molar-refractivity contribution in [1.29, 1.82) is 0 Å². The monoisotopic (exact) mass is 341 g/mol. The number of hydrogen-bond donors (Lipinski definition) is 1. The Labute approximate surface area is 145 Å². The zero-order valence-corrected chi connectivity index (χ0v) is 13.7. The van der Waals surface area contributed by atoms with Gasteiger partial charge in [0.2, 0.25) is 6.10 Å². The summed E-state index contributed by atoms with van der Waals surface area (Å²) in [7, 11) is 0. The number of amides is 1. The lowest BCUT2D eigenvalue weighted by atomic mass is 10.1. The van der Waals surface area contributed by atoms with E-state index < -0.39 is 6.10 Å². The molecule has 4 rings (SSSR count). The molecule has 0 fully saturated rings. The first-order chi connectivity index (χ1) is 12.3. The van der Waals surface area contributed by atoms with Crippen molar-refractivity contribution < 1.29 is 23.7 Å².